The Morgan fingerprint density at radius 2 is 2.13 bits per heavy atom. The number of ether oxygens (including phenoxy) is 1. The molecular weight excluding hydrogens is 196 g/mol. The number of rotatable bonds is 2. The summed E-state index contributed by atoms with van der Waals surface area (Å²) in [6.07, 6.45) is 0.0332. The molecule has 84 valence electrons. The van der Waals surface area contributed by atoms with Crippen LogP contribution >= 0.6 is 0 Å². The molecule has 1 heterocycles. The molecule has 0 aliphatic carbocycles. The third-order valence-corrected chi connectivity index (χ3v) is 1.79. The van der Waals surface area contributed by atoms with Gasteiger partial charge in [-0.2, -0.15) is 0 Å². The van der Waals surface area contributed by atoms with Gasteiger partial charge in [-0.05, 0) is 27.7 Å². The molecular formula is C10H16N2O3. The molecule has 1 aromatic rings. The van der Waals surface area contributed by atoms with Gasteiger partial charge in [-0.1, -0.05) is 0 Å². The summed E-state index contributed by atoms with van der Waals surface area (Å²) in [5.74, 6) is -0.513. The molecule has 5 heteroatoms. The molecule has 0 radical (unpaired) electrons. The minimum Gasteiger partial charge on any atom is -0.492 e. The van der Waals surface area contributed by atoms with Gasteiger partial charge in [-0.25, -0.2) is 0 Å². The van der Waals surface area contributed by atoms with Crippen molar-refractivity contribution in [3.8, 4) is 5.88 Å². The molecule has 0 fully saturated rings. The Morgan fingerprint density at radius 1 is 1.53 bits per heavy atom. The van der Waals surface area contributed by atoms with Gasteiger partial charge in [0.05, 0.1) is 6.42 Å². The molecule has 1 aromatic heterocycles. The molecule has 0 bridgehead atoms. The largest absolute Gasteiger partial charge is 0.492 e. The quantitative estimate of drug-likeness (QED) is 0.725. The Hall–Kier alpha value is -1.52. The van der Waals surface area contributed by atoms with Gasteiger partial charge in [0.1, 0.15) is 5.60 Å². The highest BCUT2D eigenvalue weighted by molar-refractivity contribution is 5.74. The number of carbonyl (C=O) groups excluding carboxylic acids is 1. The molecule has 15 heavy (non-hydrogen) atoms. The van der Waals surface area contributed by atoms with E-state index in [1.165, 1.54) is 0 Å². The van der Waals surface area contributed by atoms with Crippen LogP contribution in [0.2, 0.25) is 0 Å². The summed E-state index contributed by atoms with van der Waals surface area (Å²) >= 11 is 0. The van der Waals surface area contributed by atoms with Gasteiger partial charge in [-0.15, -0.1) is 5.10 Å². The van der Waals surface area contributed by atoms with Crippen LogP contribution in [0.1, 0.15) is 32.0 Å². The van der Waals surface area contributed by atoms with E-state index < -0.39 is 5.60 Å². The highest BCUT2D eigenvalue weighted by Crippen LogP contribution is 2.18. The first-order chi connectivity index (χ1) is 6.79. The molecule has 1 rings (SSSR count). The average molecular weight is 212 g/mol. The lowest BCUT2D eigenvalue weighted by Crippen LogP contribution is -2.25. The SMILES string of the molecule is Cc1[nH]nc(O)c1CC(=O)OC(C)(C)C. The van der Waals surface area contributed by atoms with Gasteiger partial charge in [0.2, 0.25) is 5.88 Å². The van der Waals surface area contributed by atoms with Crippen molar-refractivity contribution < 1.29 is 14.6 Å². The Morgan fingerprint density at radius 3 is 2.53 bits per heavy atom. The number of H-pyrrole nitrogens is 1. The van der Waals surface area contributed by atoms with Crippen LogP contribution in [0, 0.1) is 6.92 Å². The van der Waals surface area contributed by atoms with E-state index in [2.05, 4.69) is 10.2 Å². The normalized spacial score (nSPS) is 11.5. The maximum absolute atomic E-state index is 11.5. The number of hydrogen-bond donors (Lipinski definition) is 2. The predicted molar refractivity (Wildman–Crippen MR) is 54.5 cm³/mol. The first-order valence-corrected chi connectivity index (χ1v) is 4.74. The fourth-order valence-corrected chi connectivity index (χ4v) is 1.17. The van der Waals surface area contributed by atoms with Crippen LogP contribution < -0.4 is 0 Å². The standard InChI is InChI=1S/C10H16N2O3/c1-6-7(9(14)12-11-6)5-8(13)15-10(2,3)4/h5H2,1-4H3,(H2,11,12,14). The van der Waals surface area contributed by atoms with E-state index in [-0.39, 0.29) is 18.3 Å². The summed E-state index contributed by atoms with van der Waals surface area (Å²) < 4.78 is 5.13. The topological polar surface area (TPSA) is 75.2 Å². The van der Waals surface area contributed by atoms with Crippen LogP contribution in [0.15, 0.2) is 0 Å². The van der Waals surface area contributed by atoms with Crippen molar-refractivity contribution >= 4 is 5.97 Å². The summed E-state index contributed by atoms with van der Waals surface area (Å²) in [4.78, 5) is 11.5. The summed E-state index contributed by atoms with van der Waals surface area (Å²) in [6, 6.07) is 0. The molecule has 0 saturated heterocycles. The summed E-state index contributed by atoms with van der Waals surface area (Å²) in [5.41, 5.74) is 0.660. The number of aryl methyl sites for hydroxylation is 1. The van der Waals surface area contributed by atoms with Crippen molar-refractivity contribution in [1.29, 1.82) is 0 Å². The predicted octanol–water partition coefficient (Wildman–Crippen LogP) is 1.31. The second-order valence-electron chi connectivity index (χ2n) is 4.41. The molecule has 0 amide bonds. The van der Waals surface area contributed by atoms with Crippen molar-refractivity contribution in [1.82, 2.24) is 10.2 Å². The fraction of sp³-hybridized carbons (Fsp3) is 0.600. The summed E-state index contributed by atoms with van der Waals surface area (Å²) in [6.45, 7) is 7.14. The van der Waals surface area contributed by atoms with E-state index in [0.29, 0.717) is 11.3 Å². The van der Waals surface area contributed by atoms with Gasteiger partial charge < -0.3 is 9.84 Å². The molecule has 2 N–H and O–H groups in total. The van der Waals surface area contributed by atoms with Crippen molar-refractivity contribution in [2.45, 2.75) is 39.7 Å². The molecule has 0 aliphatic heterocycles. The van der Waals surface area contributed by atoms with Crippen LogP contribution in [-0.2, 0) is 16.0 Å². The highest BCUT2D eigenvalue weighted by Gasteiger charge is 2.19. The molecule has 0 spiro atoms. The minimum atomic E-state index is -0.510. The van der Waals surface area contributed by atoms with Crippen molar-refractivity contribution in [2.24, 2.45) is 0 Å². The van der Waals surface area contributed by atoms with E-state index >= 15 is 0 Å². The average Bonchev–Trinajstić information content (AvgIpc) is 2.32. The number of aromatic hydroxyl groups is 1. The number of hydrogen-bond acceptors (Lipinski definition) is 4. The van der Waals surface area contributed by atoms with Gasteiger partial charge in [-0.3, -0.25) is 9.89 Å². The number of nitrogens with one attached hydrogen (secondary N) is 1. The maximum Gasteiger partial charge on any atom is 0.311 e. The Labute approximate surface area is 88.5 Å². The summed E-state index contributed by atoms with van der Waals surface area (Å²) in [7, 11) is 0. The number of nitrogens with zero attached hydrogens (tertiary/aromatic N) is 1. The molecule has 0 saturated carbocycles. The van der Waals surface area contributed by atoms with Crippen LogP contribution in [-0.4, -0.2) is 26.9 Å². The maximum atomic E-state index is 11.5. The molecule has 0 aliphatic rings. The van der Waals surface area contributed by atoms with Crippen molar-refractivity contribution in [3.63, 3.8) is 0 Å². The van der Waals surface area contributed by atoms with Crippen LogP contribution in [0.3, 0.4) is 0 Å². The Kier molecular flexibility index (Phi) is 3.02. The van der Waals surface area contributed by atoms with Crippen molar-refractivity contribution in [2.75, 3.05) is 0 Å². The summed E-state index contributed by atoms with van der Waals surface area (Å²) in [5, 5.41) is 15.5. The van der Waals surface area contributed by atoms with Gasteiger partial charge >= 0.3 is 5.97 Å². The highest BCUT2D eigenvalue weighted by atomic mass is 16.6. The monoisotopic (exact) mass is 212 g/mol. The van der Waals surface area contributed by atoms with Crippen LogP contribution in [0.4, 0.5) is 0 Å². The third kappa shape index (κ3) is 3.27. The molecule has 0 aromatic carbocycles. The number of aromatic nitrogens is 2. The van der Waals surface area contributed by atoms with E-state index in [0.717, 1.165) is 0 Å². The van der Waals surface area contributed by atoms with E-state index in [1.54, 1.807) is 27.7 Å². The zero-order valence-corrected chi connectivity index (χ0v) is 9.42. The third-order valence-electron chi connectivity index (χ3n) is 1.79. The van der Waals surface area contributed by atoms with Gasteiger partial charge in [0, 0.05) is 11.3 Å². The van der Waals surface area contributed by atoms with Gasteiger partial charge in [0.15, 0.2) is 0 Å². The fourth-order valence-electron chi connectivity index (χ4n) is 1.17. The van der Waals surface area contributed by atoms with Crippen LogP contribution in [0.5, 0.6) is 5.88 Å². The first-order valence-electron chi connectivity index (χ1n) is 4.74. The number of esters is 1. The smallest absolute Gasteiger partial charge is 0.311 e. The number of carbonyl (C=O) groups is 1. The molecule has 0 unspecified atom stereocenters. The Balaban J connectivity index is 2.67. The van der Waals surface area contributed by atoms with Crippen molar-refractivity contribution in [3.05, 3.63) is 11.3 Å². The lowest BCUT2D eigenvalue weighted by atomic mass is 10.1. The molecule has 0 atom stereocenters. The second kappa shape index (κ2) is 3.92. The first kappa shape index (κ1) is 11.6. The number of aromatic amines is 1. The zero-order valence-electron chi connectivity index (χ0n) is 9.42. The lowest BCUT2D eigenvalue weighted by Gasteiger charge is -2.19. The van der Waals surface area contributed by atoms with Gasteiger partial charge in [0.25, 0.3) is 0 Å². The van der Waals surface area contributed by atoms with E-state index in [1.807, 2.05) is 0 Å². The minimum absolute atomic E-state index is 0.0332. The van der Waals surface area contributed by atoms with E-state index in [9.17, 15) is 9.90 Å². The molecule has 5 nitrogen and oxygen atoms in total. The zero-order chi connectivity index (χ0) is 11.6. The Bertz CT molecular complexity index is 344. The van der Waals surface area contributed by atoms with E-state index in [4.69, 9.17) is 4.74 Å². The lowest BCUT2D eigenvalue weighted by molar-refractivity contribution is -0.153. The second-order valence-corrected chi connectivity index (χ2v) is 4.41. The van der Waals surface area contributed by atoms with Crippen LogP contribution in [0.25, 0.3) is 0 Å².